The number of amides is 1. The average molecular weight is 317 g/mol. The van der Waals surface area contributed by atoms with Gasteiger partial charge >= 0.3 is 0 Å². The number of hydrogen-bond donors (Lipinski definition) is 0. The molecule has 0 aromatic heterocycles. The molecule has 0 aromatic rings. The molecule has 0 bridgehead atoms. The molecule has 0 N–H and O–H groups in total. The van der Waals surface area contributed by atoms with E-state index in [1.165, 1.54) is 4.31 Å². The summed E-state index contributed by atoms with van der Waals surface area (Å²) in [4.78, 5) is 16.8. The van der Waals surface area contributed by atoms with Gasteiger partial charge in [0.15, 0.2) is 0 Å². The standard InChI is InChI=1S/C14H27N3O3S/c1-3-15-8-10-16(11-9-15)14(18)13-6-5-7-17(12-13)21(19,20)4-2/h13H,3-12H2,1-2H3/t13-/m0/s1. The number of sulfonamides is 1. The summed E-state index contributed by atoms with van der Waals surface area (Å²) in [5.74, 6) is 0.0957. The first-order chi connectivity index (χ1) is 9.97. The summed E-state index contributed by atoms with van der Waals surface area (Å²) in [6, 6.07) is 0. The maximum absolute atomic E-state index is 12.6. The van der Waals surface area contributed by atoms with Crippen molar-refractivity contribution in [2.24, 2.45) is 5.92 Å². The number of carbonyl (C=O) groups is 1. The van der Waals surface area contributed by atoms with E-state index in [1.54, 1.807) is 6.92 Å². The largest absolute Gasteiger partial charge is 0.340 e. The van der Waals surface area contributed by atoms with E-state index in [4.69, 9.17) is 0 Å². The van der Waals surface area contributed by atoms with Crippen LogP contribution in [-0.4, -0.2) is 80.0 Å². The molecule has 0 unspecified atom stereocenters. The molecule has 2 aliphatic rings. The maximum atomic E-state index is 12.6. The number of piperidine rings is 1. The zero-order valence-corrected chi connectivity index (χ0v) is 13.9. The lowest BCUT2D eigenvalue weighted by Crippen LogP contribution is -2.53. The molecule has 2 aliphatic heterocycles. The van der Waals surface area contributed by atoms with Crippen molar-refractivity contribution in [1.82, 2.24) is 14.1 Å². The predicted octanol–water partition coefficient (Wildman–Crippen LogP) is 0.212. The fraction of sp³-hybridized carbons (Fsp3) is 0.929. The van der Waals surface area contributed by atoms with E-state index in [9.17, 15) is 13.2 Å². The maximum Gasteiger partial charge on any atom is 0.227 e. The van der Waals surface area contributed by atoms with Crippen molar-refractivity contribution in [1.29, 1.82) is 0 Å². The van der Waals surface area contributed by atoms with Crippen LogP contribution in [0.4, 0.5) is 0 Å². The van der Waals surface area contributed by atoms with Crippen molar-refractivity contribution >= 4 is 15.9 Å². The molecule has 0 aromatic carbocycles. The lowest BCUT2D eigenvalue weighted by molar-refractivity contribution is -0.138. The number of nitrogens with zero attached hydrogens (tertiary/aromatic N) is 3. The minimum Gasteiger partial charge on any atom is -0.340 e. The molecule has 0 aliphatic carbocycles. The minimum absolute atomic E-state index is 0.114. The fourth-order valence-corrected chi connectivity index (χ4v) is 4.30. The Hall–Kier alpha value is -0.660. The Balaban J connectivity index is 1.94. The molecule has 0 radical (unpaired) electrons. The molecule has 122 valence electrons. The highest BCUT2D eigenvalue weighted by Crippen LogP contribution is 2.22. The highest BCUT2D eigenvalue weighted by atomic mass is 32.2. The van der Waals surface area contributed by atoms with E-state index in [1.807, 2.05) is 4.90 Å². The van der Waals surface area contributed by atoms with Crippen LogP contribution >= 0.6 is 0 Å². The number of rotatable bonds is 4. The molecular formula is C14H27N3O3S. The Morgan fingerprint density at radius 3 is 2.33 bits per heavy atom. The highest BCUT2D eigenvalue weighted by Gasteiger charge is 2.34. The summed E-state index contributed by atoms with van der Waals surface area (Å²) in [5, 5.41) is 0. The van der Waals surface area contributed by atoms with Gasteiger partial charge in [0.2, 0.25) is 15.9 Å². The zero-order chi connectivity index (χ0) is 15.5. The molecule has 2 rings (SSSR count). The molecular weight excluding hydrogens is 290 g/mol. The van der Waals surface area contributed by atoms with E-state index >= 15 is 0 Å². The second-order valence-electron chi connectivity index (χ2n) is 5.86. The summed E-state index contributed by atoms with van der Waals surface area (Å²) in [6.07, 6.45) is 1.59. The molecule has 0 saturated carbocycles. The van der Waals surface area contributed by atoms with E-state index in [2.05, 4.69) is 11.8 Å². The first-order valence-electron chi connectivity index (χ1n) is 7.97. The number of piperazine rings is 1. The molecule has 6 nitrogen and oxygen atoms in total. The van der Waals surface area contributed by atoms with Gasteiger partial charge in [0.05, 0.1) is 11.7 Å². The Morgan fingerprint density at radius 1 is 1.10 bits per heavy atom. The van der Waals surface area contributed by atoms with Crippen LogP contribution in [0.25, 0.3) is 0 Å². The van der Waals surface area contributed by atoms with Gasteiger partial charge in [0, 0.05) is 39.3 Å². The van der Waals surface area contributed by atoms with E-state index in [-0.39, 0.29) is 17.6 Å². The third kappa shape index (κ3) is 3.96. The highest BCUT2D eigenvalue weighted by molar-refractivity contribution is 7.89. The molecule has 2 fully saturated rings. The molecule has 1 atom stereocenters. The van der Waals surface area contributed by atoms with Gasteiger partial charge in [0.25, 0.3) is 0 Å². The molecule has 7 heteroatoms. The van der Waals surface area contributed by atoms with Crippen molar-refractivity contribution in [2.45, 2.75) is 26.7 Å². The summed E-state index contributed by atoms with van der Waals surface area (Å²) in [5.41, 5.74) is 0. The van der Waals surface area contributed by atoms with Gasteiger partial charge in [-0.3, -0.25) is 4.79 Å². The van der Waals surface area contributed by atoms with Crippen molar-refractivity contribution in [3.8, 4) is 0 Å². The van der Waals surface area contributed by atoms with Gasteiger partial charge < -0.3 is 9.80 Å². The van der Waals surface area contributed by atoms with Gasteiger partial charge in [-0.15, -0.1) is 0 Å². The van der Waals surface area contributed by atoms with Gasteiger partial charge in [-0.05, 0) is 26.3 Å². The fourth-order valence-electron chi connectivity index (χ4n) is 3.12. The Bertz CT molecular complexity index is 458. The van der Waals surface area contributed by atoms with Gasteiger partial charge in [-0.1, -0.05) is 6.92 Å². The van der Waals surface area contributed by atoms with Crippen molar-refractivity contribution < 1.29 is 13.2 Å². The second-order valence-corrected chi connectivity index (χ2v) is 8.11. The second kappa shape index (κ2) is 7.07. The van der Waals surface area contributed by atoms with E-state index in [0.29, 0.717) is 13.1 Å². The lowest BCUT2D eigenvalue weighted by Gasteiger charge is -2.38. The van der Waals surface area contributed by atoms with Crippen molar-refractivity contribution in [2.75, 3.05) is 51.6 Å². The third-order valence-corrected chi connectivity index (χ3v) is 6.47. The molecule has 2 saturated heterocycles. The average Bonchev–Trinajstić information content (AvgIpc) is 2.54. The molecule has 21 heavy (non-hydrogen) atoms. The van der Waals surface area contributed by atoms with E-state index in [0.717, 1.165) is 45.6 Å². The zero-order valence-electron chi connectivity index (χ0n) is 13.1. The number of carbonyl (C=O) groups excluding carboxylic acids is 1. The Kier molecular flexibility index (Phi) is 5.62. The summed E-state index contributed by atoms with van der Waals surface area (Å²) in [7, 11) is -3.18. The first kappa shape index (κ1) is 16.7. The van der Waals surface area contributed by atoms with Crippen LogP contribution in [0.1, 0.15) is 26.7 Å². The molecule has 2 heterocycles. The predicted molar refractivity (Wildman–Crippen MR) is 82.5 cm³/mol. The van der Waals surface area contributed by atoms with Gasteiger partial charge in [-0.2, -0.15) is 0 Å². The van der Waals surface area contributed by atoms with Gasteiger partial charge in [0.1, 0.15) is 0 Å². The molecule has 1 amide bonds. The topological polar surface area (TPSA) is 60.9 Å². The van der Waals surface area contributed by atoms with Gasteiger partial charge in [-0.25, -0.2) is 12.7 Å². The Morgan fingerprint density at radius 2 is 1.76 bits per heavy atom. The van der Waals surface area contributed by atoms with Crippen LogP contribution in [-0.2, 0) is 14.8 Å². The van der Waals surface area contributed by atoms with Crippen molar-refractivity contribution in [3.63, 3.8) is 0 Å². The summed E-state index contributed by atoms with van der Waals surface area (Å²) in [6.45, 7) is 9.11. The van der Waals surface area contributed by atoms with Crippen LogP contribution in [0.5, 0.6) is 0 Å². The SMILES string of the molecule is CCN1CCN(C(=O)[C@H]2CCCN(S(=O)(=O)CC)C2)CC1. The van der Waals surface area contributed by atoms with Crippen LogP contribution < -0.4 is 0 Å². The van der Waals surface area contributed by atoms with Crippen LogP contribution in [0, 0.1) is 5.92 Å². The van der Waals surface area contributed by atoms with E-state index < -0.39 is 10.0 Å². The summed E-state index contributed by atoms with van der Waals surface area (Å²) < 4.78 is 25.5. The van der Waals surface area contributed by atoms with Crippen LogP contribution in [0.3, 0.4) is 0 Å². The minimum atomic E-state index is -3.18. The first-order valence-corrected chi connectivity index (χ1v) is 9.57. The third-order valence-electron chi connectivity index (χ3n) is 4.62. The smallest absolute Gasteiger partial charge is 0.227 e. The molecule has 0 spiro atoms. The summed E-state index contributed by atoms with van der Waals surface area (Å²) >= 11 is 0. The Labute approximate surface area is 128 Å². The lowest BCUT2D eigenvalue weighted by atomic mass is 9.98. The number of likely N-dealkylation sites (N-methyl/N-ethyl adjacent to an activating group) is 1. The van der Waals surface area contributed by atoms with Crippen LogP contribution in [0.15, 0.2) is 0 Å². The van der Waals surface area contributed by atoms with Crippen LogP contribution in [0.2, 0.25) is 0 Å². The quantitative estimate of drug-likeness (QED) is 0.744. The normalized spacial score (nSPS) is 26.0. The monoisotopic (exact) mass is 317 g/mol. The number of hydrogen-bond acceptors (Lipinski definition) is 4. The van der Waals surface area contributed by atoms with Crippen molar-refractivity contribution in [3.05, 3.63) is 0 Å².